The van der Waals surface area contributed by atoms with Gasteiger partial charge in [-0.3, -0.25) is 4.98 Å². The normalized spacial score (nSPS) is 22.4. The highest BCUT2D eigenvalue weighted by atomic mass is 16.5. The molecule has 0 bridgehead atoms. The monoisotopic (exact) mass is 376 g/mol. The van der Waals surface area contributed by atoms with Gasteiger partial charge in [0.15, 0.2) is 5.65 Å². The third kappa shape index (κ3) is 2.86. The molecule has 0 aromatic carbocycles. The number of pyridine rings is 2. The van der Waals surface area contributed by atoms with Crippen LogP contribution in [0.25, 0.3) is 11.0 Å². The van der Waals surface area contributed by atoms with E-state index in [2.05, 4.69) is 45.7 Å². The second-order valence-electron chi connectivity index (χ2n) is 7.52. The Morgan fingerprint density at radius 3 is 2.68 bits per heavy atom. The van der Waals surface area contributed by atoms with Gasteiger partial charge in [-0.2, -0.15) is 9.97 Å². The molecule has 5 rings (SSSR count). The molecule has 2 saturated heterocycles. The lowest BCUT2D eigenvalue weighted by atomic mass is 9.93. The minimum Gasteiger partial charge on any atom is -0.377 e. The van der Waals surface area contributed by atoms with Gasteiger partial charge in [-0.15, -0.1) is 0 Å². The molecule has 0 spiro atoms. The van der Waals surface area contributed by atoms with Crippen LogP contribution in [0.1, 0.15) is 30.6 Å². The SMILES string of the molecule is Cc1ncccc1C1CCN1c1nc(N2CCOC[C@@H]2C)nc2ncccc12. The molecule has 2 aliphatic rings. The number of hydrogen-bond acceptors (Lipinski definition) is 7. The Balaban J connectivity index is 1.59. The smallest absolute Gasteiger partial charge is 0.229 e. The van der Waals surface area contributed by atoms with E-state index in [0.717, 1.165) is 48.0 Å². The number of rotatable bonds is 3. The fraction of sp³-hybridized carbons (Fsp3) is 0.429. The lowest BCUT2D eigenvalue weighted by Crippen LogP contribution is -2.45. The molecule has 28 heavy (non-hydrogen) atoms. The average Bonchev–Trinajstić information content (AvgIpc) is 2.69. The molecular formula is C21H24N6O. The largest absolute Gasteiger partial charge is 0.377 e. The predicted octanol–water partition coefficient (Wildman–Crippen LogP) is 2.90. The first-order chi connectivity index (χ1) is 13.7. The summed E-state index contributed by atoms with van der Waals surface area (Å²) in [6, 6.07) is 8.74. The standard InChI is InChI=1S/C21H24N6O/c1-14-13-28-12-11-26(14)21-24-19-17(6-4-9-23-19)20(25-21)27-10-7-18(27)16-5-3-8-22-15(16)2/h3-6,8-9,14,18H,7,10-13H2,1-2H3/t14-,18?/m0/s1. The molecule has 2 fully saturated rings. The van der Waals surface area contributed by atoms with Gasteiger partial charge in [0, 0.05) is 31.2 Å². The van der Waals surface area contributed by atoms with Crippen LogP contribution < -0.4 is 9.80 Å². The Hall–Kier alpha value is -2.80. The number of hydrogen-bond donors (Lipinski definition) is 0. The predicted molar refractivity (Wildman–Crippen MR) is 109 cm³/mol. The van der Waals surface area contributed by atoms with Gasteiger partial charge in [0.25, 0.3) is 0 Å². The molecule has 0 amide bonds. The molecule has 144 valence electrons. The van der Waals surface area contributed by atoms with E-state index < -0.39 is 0 Å². The first kappa shape index (κ1) is 17.3. The first-order valence-corrected chi connectivity index (χ1v) is 9.87. The molecule has 3 aromatic rings. The third-order valence-corrected chi connectivity index (χ3v) is 5.76. The molecular weight excluding hydrogens is 352 g/mol. The number of ether oxygens (including phenoxy) is 1. The second kappa shape index (κ2) is 6.98. The van der Waals surface area contributed by atoms with Crippen LogP contribution in [-0.4, -0.2) is 52.3 Å². The van der Waals surface area contributed by atoms with E-state index in [0.29, 0.717) is 19.3 Å². The van der Waals surface area contributed by atoms with Crippen LogP contribution in [0, 0.1) is 6.92 Å². The summed E-state index contributed by atoms with van der Waals surface area (Å²) >= 11 is 0. The molecule has 1 unspecified atom stereocenters. The molecule has 3 aromatic heterocycles. The lowest BCUT2D eigenvalue weighted by Gasteiger charge is -2.43. The van der Waals surface area contributed by atoms with Crippen molar-refractivity contribution < 1.29 is 4.74 Å². The van der Waals surface area contributed by atoms with Gasteiger partial charge in [-0.25, -0.2) is 4.98 Å². The zero-order chi connectivity index (χ0) is 19.1. The number of aryl methyl sites for hydroxylation is 1. The zero-order valence-corrected chi connectivity index (χ0v) is 16.2. The van der Waals surface area contributed by atoms with Gasteiger partial charge in [0.2, 0.25) is 5.95 Å². The maximum Gasteiger partial charge on any atom is 0.229 e. The summed E-state index contributed by atoms with van der Waals surface area (Å²) < 4.78 is 5.59. The molecule has 7 heteroatoms. The highest BCUT2D eigenvalue weighted by molar-refractivity contribution is 5.88. The Morgan fingerprint density at radius 2 is 1.89 bits per heavy atom. The summed E-state index contributed by atoms with van der Waals surface area (Å²) in [7, 11) is 0. The highest BCUT2D eigenvalue weighted by Crippen LogP contribution is 2.40. The van der Waals surface area contributed by atoms with Crippen molar-refractivity contribution in [2.45, 2.75) is 32.4 Å². The maximum absolute atomic E-state index is 5.59. The molecule has 7 nitrogen and oxygen atoms in total. The lowest BCUT2D eigenvalue weighted by molar-refractivity contribution is 0.0981. The Kier molecular flexibility index (Phi) is 4.31. The van der Waals surface area contributed by atoms with Crippen LogP contribution in [-0.2, 0) is 4.74 Å². The van der Waals surface area contributed by atoms with E-state index in [-0.39, 0.29) is 6.04 Å². The van der Waals surface area contributed by atoms with Crippen molar-refractivity contribution in [3.05, 3.63) is 47.9 Å². The van der Waals surface area contributed by atoms with E-state index in [1.54, 1.807) is 6.20 Å². The van der Waals surface area contributed by atoms with Gasteiger partial charge >= 0.3 is 0 Å². The molecule has 0 aliphatic carbocycles. The number of aromatic nitrogens is 4. The molecule has 0 radical (unpaired) electrons. The van der Waals surface area contributed by atoms with E-state index >= 15 is 0 Å². The summed E-state index contributed by atoms with van der Waals surface area (Å²) in [4.78, 5) is 23.4. The Bertz CT molecular complexity index is 1010. The quantitative estimate of drug-likeness (QED) is 0.696. The van der Waals surface area contributed by atoms with Crippen LogP contribution in [0.3, 0.4) is 0 Å². The van der Waals surface area contributed by atoms with Crippen molar-refractivity contribution >= 4 is 22.8 Å². The minimum atomic E-state index is 0.246. The third-order valence-electron chi connectivity index (χ3n) is 5.76. The fourth-order valence-electron chi connectivity index (χ4n) is 4.12. The summed E-state index contributed by atoms with van der Waals surface area (Å²) in [5.41, 5.74) is 3.09. The van der Waals surface area contributed by atoms with Gasteiger partial charge in [-0.1, -0.05) is 6.07 Å². The fourth-order valence-corrected chi connectivity index (χ4v) is 4.12. The zero-order valence-electron chi connectivity index (χ0n) is 16.2. The van der Waals surface area contributed by atoms with E-state index in [9.17, 15) is 0 Å². The van der Waals surface area contributed by atoms with E-state index in [1.807, 2.05) is 18.3 Å². The van der Waals surface area contributed by atoms with E-state index in [1.165, 1.54) is 5.56 Å². The summed E-state index contributed by atoms with van der Waals surface area (Å²) in [6.45, 7) is 7.38. The molecule has 2 atom stereocenters. The van der Waals surface area contributed by atoms with Crippen molar-refractivity contribution in [2.75, 3.05) is 36.1 Å². The summed E-state index contributed by atoms with van der Waals surface area (Å²) in [6.07, 6.45) is 4.75. The van der Waals surface area contributed by atoms with Crippen LogP contribution in [0.5, 0.6) is 0 Å². The van der Waals surface area contributed by atoms with Crippen molar-refractivity contribution in [3.63, 3.8) is 0 Å². The highest BCUT2D eigenvalue weighted by Gasteiger charge is 2.34. The number of anilines is 2. The van der Waals surface area contributed by atoms with Crippen LogP contribution >= 0.6 is 0 Å². The molecule has 5 heterocycles. The topological polar surface area (TPSA) is 67.3 Å². The summed E-state index contributed by atoms with van der Waals surface area (Å²) in [5.74, 6) is 1.71. The van der Waals surface area contributed by atoms with Crippen LogP contribution in [0.4, 0.5) is 11.8 Å². The maximum atomic E-state index is 5.59. The average molecular weight is 376 g/mol. The van der Waals surface area contributed by atoms with Gasteiger partial charge in [0.05, 0.1) is 30.7 Å². The van der Waals surface area contributed by atoms with E-state index in [4.69, 9.17) is 14.7 Å². The van der Waals surface area contributed by atoms with Gasteiger partial charge in [0.1, 0.15) is 5.82 Å². The Morgan fingerprint density at radius 1 is 1.04 bits per heavy atom. The number of morpholine rings is 1. The Labute approximate surface area is 164 Å². The van der Waals surface area contributed by atoms with Gasteiger partial charge in [-0.05, 0) is 44.0 Å². The minimum absolute atomic E-state index is 0.246. The second-order valence-corrected chi connectivity index (χ2v) is 7.52. The molecule has 0 saturated carbocycles. The van der Waals surface area contributed by atoms with Crippen LogP contribution in [0.2, 0.25) is 0 Å². The van der Waals surface area contributed by atoms with Crippen LogP contribution in [0.15, 0.2) is 36.7 Å². The number of fused-ring (bicyclic) bond motifs is 1. The van der Waals surface area contributed by atoms with Crippen molar-refractivity contribution in [3.8, 4) is 0 Å². The van der Waals surface area contributed by atoms with Crippen molar-refractivity contribution in [1.82, 2.24) is 19.9 Å². The summed E-state index contributed by atoms with van der Waals surface area (Å²) in [5, 5.41) is 0.999. The van der Waals surface area contributed by atoms with Crippen molar-refractivity contribution in [2.24, 2.45) is 0 Å². The van der Waals surface area contributed by atoms with Crippen molar-refractivity contribution in [1.29, 1.82) is 0 Å². The number of nitrogens with zero attached hydrogens (tertiary/aromatic N) is 6. The first-order valence-electron chi connectivity index (χ1n) is 9.87. The molecule has 2 aliphatic heterocycles. The molecule has 0 N–H and O–H groups in total. The van der Waals surface area contributed by atoms with Gasteiger partial charge < -0.3 is 14.5 Å².